The molecule has 1 saturated heterocycles. The second-order valence-electron chi connectivity index (χ2n) is 8.77. The molecule has 2 aromatic carbocycles. The zero-order valence-electron chi connectivity index (χ0n) is 16.8. The van der Waals surface area contributed by atoms with E-state index in [-0.39, 0.29) is 36.2 Å². The summed E-state index contributed by atoms with van der Waals surface area (Å²) in [5.41, 5.74) is 2.64. The number of carbonyl (C=O) groups excluding carboxylic acids is 3. The van der Waals surface area contributed by atoms with Gasteiger partial charge in [0, 0.05) is 5.41 Å². The van der Waals surface area contributed by atoms with Crippen LogP contribution in [0.2, 0.25) is 0 Å². The lowest BCUT2D eigenvalue weighted by molar-refractivity contribution is -0.502. The molecule has 0 saturated carbocycles. The Morgan fingerprint density at radius 1 is 1.00 bits per heavy atom. The van der Waals surface area contributed by atoms with E-state index in [1.807, 2.05) is 55.5 Å². The molecule has 1 aliphatic heterocycles. The van der Waals surface area contributed by atoms with E-state index in [9.17, 15) is 14.4 Å². The molecule has 5 heteroatoms. The maximum atomic E-state index is 13.2. The third kappa shape index (κ3) is 1.92. The van der Waals surface area contributed by atoms with Gasteiger partial charge >= 0.3 is 17.8 Å². The maximum absolute atomic E-state index is 13.2. The van der Waals surface area contributed by atoms with Crippen molar-refractivity contribution in [3.63, 3.8) is 0 Å². The van der Waals surface area contributed by atoms with Crippen molar-refractivity contribution in [3.8, 4) is 0 Å². The fourth-order valence-electron chi connectivity index (χ4n) is 6.18. The average molecular weight is 390 g/mol. The molecule has 4 unspecified atom stereocenters. The Hall–Kier alpha value is -2.79. The van der Waals surface area contributed by atoms with Gasteiger partial charge in [-0.25, -0.2) is 14.9 Å². The van der Waals surface area contributed by atoms with Gasteiger partial charge in [0.1, 0.15) is 12.5 Å². The molecule has 1 spiro atoms. The minimum absolute atomic E-state index is 0.138. The van der Waals surface area contributed by atoms with Crippen LogP contribution in [0.3, 0.4) is 0 Å². The molecular weight excluding hydrogens is 366 g/mol. The van der Waals surface area contributed by atoms with E-state index < -0.39 is 16.7 Å². The zero-order chi connectivity index (χ0) is 20.6. The largest absolute Gasteiger partial charge is 0.464 e. The molecule has 2 N–H and O–H groups in total. The van der Waals surface area contributed by atoms with Crippen molar-refractivity contribution in [2.45, 2.75) is 37.5 Å². The number of esters is 1. The normalized spacial score (nSPS) is 31.4. The molecule has 4 atom stereocenters. The molecule has 1 fully saturated rings. The summed E-state index contributed by atoms with van der Waals surface area (Å²) in [6, 6.07) is 15.9. The van der Waals surface area contributed by atoms with Crippen LogP contribution in [0.5, 0.6) is 0 Å². The monoisotopic (exact) mass is 390 g/mol. The Bertz CT molecular complexity index is 1070. The van der Waals surface area contributed by atoms with Gasteiger partial charge in [0.05, 0.1) is 17.3 Å². The number of imide groups is 1. The fourth-order valence-corrected chi connectivity index (χ4v) is 6.18. The number of ether oxygens (including phenoxy) is 1. The third-order valence-electron chi connectivity index (χ3n) is 7.31. The molecular formula is C24H24NO4+. The predicted molar refractivity (Wildman–Crippen MR) is 105 cm³/mol. The van der Waals surface area contributed by atoms with E-state index in [1.54, 1.807) is 13.8 Å². The molecule has 2 amide bonds. The summed E-state index contributed by atoms with van der Waals surface area (Å²) in [5.74, 6) is -1.62. The second-order valence-corrected chi connectivity index (χ2v) is 8.77. The van der Waals surface area contributed by atoms with E-state index >= 15 is 0 Å². The van der Waals surface area contributed by atoms with E-state index in [2.05, 4.69) is 0 Å². The highest BCUT2D eigenvalue weighted by Crippen LogP contribution is 2.73. The van der Waals surface area contributed by atoms with Crippen LogP contribution in [-0.2, 0) is 30.0 Å². The fraction of sp³-hybridized carbons (Fsp3) is 0.375. The quantitative estimate of drug-likeness (QED) is 0.640. The first-order chi connectivity index (χ1) is 13.9. The zero-order valence-corrected chi connectivity index (χ0v) is 16.8. The SMILES string of the molecule is CC(C)C(=O)OCC12c3ccccc3C3C(=O)[NH2+]C(=O)C(C)C31c1ccccc12. The number of nitrogens with two attached hydrogens (primary N) is 1. The standard InChI is InChI=1S/C24H23NO4/c1-13(2)22(28)29-12-23-16-9-5-4-8-15(16)19-21(27)25-20(26)14(3)24(19,23)18-11-7-6-10-17(18)23/h4-11,13-14,19H,12H2,1-3H3,(H,25,26,27)/p+1. The first-order valence-electron chi connectivity index (χ1n) is 10.2. The Morgan fingerprint density at radius 2 is 1.62 bits per heavy atom. The molecule has 2 aromatic rings. The molecule has 29 heavy (non-hydrogen) atoms. The minimum atomic E-state index is -0.715. The number of piperidine rings is 1. The van der Waals surface area contributed by atoms with Gasteiger partial charge in [-0.3, -0.25) is 4.79 Å². The van der Waals surface area contributed by atoms with Gasteiger partial charge in [0.15, 0.2) is 0 Å². The van der Waals surface area contributed by atoms with Crippen molar-refractivity contribution < 1.29 is 24.4 Å². The Kier molecular flexibility index (Phi) is 3.69. The average Bonchev–Trinajstić information content (AvgIpc) is 2.93. The lowest BCUT2D eigenvalue weighted by Gasteiger charge is -2.60. The number of hydrogen-bond acceptors (Lipinski definition) is 4. The van der Waals surface area contributed by atoms with Crippen molar-refractivity contribution in [1.29, 1.82) is 0 Å². The molecule has 148 valence electrons. The highest BCUT2D eigenvalue weighted by Gasteiger charge is 2.79. The molecule has 0 radical (unpaired) electrons. The number of carbonyl (C=O) groups is 3. The highest BCUT2D eigenvalue weighted by atomic mass is 16.5. The molecule has 0 bridgehead atoms. The molecule has 5 nitrogen and oxygen atoms in total. The maximum Gasteiger partial charge on any atom is 0.326 e. The van der Waals surface area contributed by atoms with Crippen molar-refractivity contribution in [2.75, 3.05) is 6.61 Å². The first kappa shape index (κ1) is 18.3. The smallest absolute Gasteiger partial charge is 0.326 e. The van der Waals surface area contributed by atoms with Gasteiger partial charge in [0.25, 0.3) is 0 Å². The Balaban J connectivity index is 1.81. The summed E-state index contributed by atoms with van der Waals surface area (Å²) in [4.78, 5) is 38.5. The summed E-state index contributed by atoms with van der Waals surface area (Å²) in [6.45, 7) is 5.67. The number of primary amides is 2. The van der Waals surface area contributed by atoms with Gasteiger partial charge < -0.3 is 4.74 Å². The lowest BCUT2D eigenvalue weighted by atomic mass is 9.40. The second kappa shape index (κ2) is 5.86. The Morgan fingerprint density at radius 3 is 2.31 bits per heavy atom. The predicted octanol–water partition coefficient (Wildman–Crippen LogP) is 1.79. The highest BCUT2D eigenvalue weighted by molar-refractivity contribution is 5.97. The molecule has 1 heterocycles. The number of rotatable bonds is 3. The molecule has 5 rings (SSSR count). The summed E-state index contributed by atoms with van der Waals surface area (Å²) in [6.07, 6.45) is 0. The minimum Gasteiger partial charge on any atom is -0.464 e. The van der Waals surface area contributed by atoms with Crippen LogP contribution in [0.15, 0.2) is 48.5 Å². The van der Waals surface area contributed by atoms with Gasteiger partial charge in [-0.05, 0) is 29.2 Å². The van der Waals surface area contributed by atoms with Gasteiger partial charge in [0.2, 0.25) is 0 Å². The van der Waals surface area contributed by atoms with Gasteiger partial charge in [-0.15, -0.1) is 0 Å². The molecule has 3 aliphatic rings. The van der Waals surface area contributed by atoms with E-state index in [0.29, 0.717) is 0 Å². The van der Waals surface area contributed by atoms with Crippen LogP contribution in [0.4, 0.5) is 0 Å². The van der Waals surface area contributed by atoms with Crippen LogP contribution in [0.25, 0.3) is 0 Å². The number of benzene rings is 2. The lowest BCUT2D eigenvalue weighted by Crippen LogP contribution is -2.99. The van der Waals surface area contributed by atoms with Crippen LogP contribution in [0, 0.1) is 11.8 Å². The number of hydrogen-bond donors (Lipinski definition) is 1. The van der Waals surface area contributed by atoms with Crippen LogP contribution in [-0.4, -0.2) is 24.4 Å². The van der Waals surface area contributed by atoms with Crippen LogP contribution < -0.4 is 5.32 Å². The van der Waals surface area contributed by atoms with E-state index in [1.165, 1.54) is 5.32 Å². The van der Waals surface area contributed by atoms with Gasteiger partial charge in [-0.1, -0.05) is 62.4 Å². The summed E-state index contributed by atoms with van der Waals surface area (Å²) < 4.78 is 5.82. The third-order valence-corrected chi connectivity index (χ3v) is 7.31. The van der Waals surface area contributed by atoms with Crippen LogP contribution >= 0.6 is 0 Å². The Labute approximate surface area is 169 Å². The molecule has 0 aromatic heterocycles. The van der Waals surface area contributed by atoms with Gasteiger partial charge in [-0.2, -0.15) is 0 Å². The van der Waals surface area contributed by atoms with Crippen molar-refractivity contribution >= 4 is 17.8 Å². The summed E-state index contributed by atoms with van der Waals surface area (Å²) in [7, 11) is 0. The molecule has 2 aliphatic carbocycles. The van der Waals surface area contributed by atoms with Crippen molar-refractivity contribution in [1.82, 2.24) is 0 Å². The first-order valence-corrected chi connectivity index (χ1v) is 10.2. The topological polar surface area (TPSA) is 77.1 Å². The number of quaternary nitrogens is 1. The van der Waals surface area contributed by atoms with Crippen molar-refractivity contribution in [2.24, 2.45) is 11.8 Å². The number of fused-ring (bicyclic) bond motifs is 5. The van der Waals surface area contributed by atoms with E-state index in [0.717, 1.165) is 22.3 Å². The van der Waals surface area contributed by atoms with E-state index in [4.69, 9.17) is 4.74 Å². The summed E-state index contributed by atoms with van der Waals surface area (Å²) >= 11 is 0. The number of amides is 2. The van der Waals surface area contributed by atoms with Crippen molar-refractivity contribution in [3.05, 3.63) is 70.8 Å². The summed E-state index contributed by atoms with van der Waals surface area (Å²) in [5, 5.41) is 1.27. The van der Waals surface area contributed by atoms with Crippen LogP contribution in [0.1, 0.15) is 48.9 Å².